The first-order chi connectivity index (χ1) is 8.91. The summed E-state index contributed by atoms with van der Waals surface area (Å²) in [7, 11) is 0. The Kier molecular flexibility index (Phi) is 1.92. The number of hydrogen-bond donors (Lipinski definition) is 1. The molecule has 102 valence electrons. The molecule has 0 aromatic rings. The molecule has 0 amide bonds. The Balaban J connectivity index is 1.87. The van der Waals surface area contributed by atoms with Crippen molar-refractivity contribution in [2.75, 3.05) is 0 Å². The summed E-state index contributed by atoms with van der Waals surface area (Å²) >= 11 is 0. The van der Waals surface area contributed by atoms with Crippen LogP contribution in [0.3, 0.4) is 0 Å². The fourth-order valence-corrected chi connectivity index (χ4v) is 4.41. The number of carbonyl (C=O) groups excluding carboxylic acids is 1. The fourth-order valence-electron chi connectivity index (χ4n) is 4.41. The van der Waals surface area contributed by atoms with E-state index in [-0.39, 0.29) is 23.6 Å². The second-order valence-electron chi connectivity index (χ2n) is 6.44. The molecule has 4 heteroatoms. The van der Waals surface area contributed by atoms with Gasteiger partial charge in [0.05, 0.1) is 11.5 Å². The van der Waals surface area contributed by atoms with Crippen LogP contribution in [-0.2, 0) is 14.3 Å². The van der Waals surface area contributed by atoms with E-state index in [1.165, 1.54) is 0 Å². The van der Waals surface area contributed by atoms with Gasteiger partial charge in [0.25, 0.3) is 0 Å². The molecule has 4 rings (SSSR count). The van der Waals surface area contributed by atoms with E-state index in [0.29, 0.717) is 0 Å². The van der Waals surface area contributed by atoms with Gasteiger partial charge in [-0.05, 0) is 39.2 Å². The Hall–Kier alpha value is -1.13. The molecular formula is C15H18O4. The summed E-state index contributed by atoms with van der Waals surface area (Å²) < 4.78 is 11.6. The van der Waals surface area contributed by atoms with Crippen LogP contribution in [0.4, 0.5) is 0 Å². The molecular weight excluding hydrogens is 244 g/mol. The van der Waals surface area contributed by atoms with Gasteiger partial charge in [0.15, 0.2) is 0 Å². The molecule has 5 atom stereocenters. The quantitative estimate of drug-likeness (QED) is 0.408. The Labute approximate surface area is 112 Å². The van der Waals surface area contributed by atoms with Crippen LogP contribution in [0.1, 0.15) is 33.6 Å². The van der Waals surface area contributed by atoms with Crippen molar-refractivity contribution in [3.63, 3.8) is 0 Å². The van der Waals surface area contributed by atoms with Crippen molar-refractivity contribution < 1.29 is 19.4 Å². The van der Waals surface area contributed by atoms with Gasteiger partial charge in [-0.25, -0.2) is 4.79 Å². The summed E-state index contributed by atoms with van der Waals surface area (Å²) in [6.07, 6.45) is 2.67. The first-order valence-corrected chi connectivity index (χ1v) is 6.88. The molecule has 0 bridgehead atoms. The van der Waals surface area contributed by atoms with Gasteiger partial charge in [0, 0.05) is 5.57 Å². The average Bonchev–Trinajstić information content (AvgIpc) is 2.77. The van der Waals surface area contributed by atoms with Crippen LogP contribution in [0.2, 0.25) is 0 Å². The zero-order chi connectivity index (χ0) is 13.6. The third-order valence-corrected chi connectivity index (χ3v) is 5.53. The van der Waals surface area contributed by atoms with Crippen LogP contribution < -0.4 is 0 Å². The lowest BCUT2D eigenvalue weighted by Gasteiger charge is -2.27. The van der Waals surface area contributed by atoms with E-state index in [0.717, 1.165) is 29.6 Å². The maximum absolute atomic E-state index is 11.8. The van der Waals surface area contributed by atoms with Crippen LogP contribution >= 0.6 is 0 Å². The predicted octanol–water partition coefficient (Wildman–Crippen LogP) is 1.49. The molecule has 2 heterocycles. The summed E-state index contributed by atoms with van der Waals surface area (Å²) in [5, 5.41) is 10.4. The zero-order valence-corrected chi connectivity index (χ0v) is 11.4. The van der Waals surface area contributed by atoms with Crippen molar-refractivity contribution in [3.8, 4) is 0 Å². The zero-order valence-electron chi connectivity index (χ0n) is 11.4. The highest BCUT2D eigenvalue weighted by molar-refractivity contribution is 5.92. The fraction of sp³-hybridized carbons (Fsp3) is 0.667. The number of aliphatic hydroxyl groups is 1. The van der Waals surface area contributed by atoms with Crippen LogP contribution in [-0.4, -0.2) is 34.5 Å². The smallest absolute Gasteiger partial charge is 0.334 e. The second kappa shape index (κ2) is 3.13. The van der Waals surface area contributed by atoms with Crippen molar-refractivity contribution in [2.24, 2.45) is 5.92 Å². The number of hydrogen-bond acceptors (Lipinski definition) is 4. The average molecular weight is 262 g/mol. The number of epoxide rings is 1. The van der Waals surface area contributed by atoms with Gasteiger partial charge in [-0.2, -0.15) is 0 Å². The minimum atomic E-state index is -0.596. The molecule has 0 aromatic heterocycles. The monoisotopic (exact) mass is 262 g/mol. The first-order valence-electron chi connectivity index (χ1n) is 6.88. The van der Waals surface area contributed by atoms with E-state index in [4.69, 9.17) is 9.47 Å². The van der Waals surface area contributed by atoms with E-state index in [1.54, 1.807) is 0 Å². The van der Waals surface area contributed by atoms with Crippen molar-refractivity contribution >= 4 is 5.97 Å². The lowest BCUT2D eigenvalue weighted by atomic mass is 9.78. The third kappa shape index (κ3) is 1.11. The normalized spacial score (nSPS) is 51.1. The number of aliphatic hydroxyl groups excluding tert-OH is 1. The minimum absolute atomic E-state index is 0.0357. The Morgan fingerprint density at radius 3 is 2.89 bits per heavy atom. The van der Waals surface area contributed by atoms with Gasteiger partial charge < -0.3 is 14.6 Å². The Morgan fingerprint density at radius 2 is 2.16 bits per heavy atom. The number of esters is 1. The highest BCUT2D eigenvalue weighted by Gasteiger charge is 2.78. The van der Waals surface area contributed by atoms with Crippen LogP contribution in [0.5, 0.6) is 0 Å². The molecule has 2 aliphatic carbocycles. The summed E-state index contributed by atoms with van der Waals surface area (Å²) in [5.74, 6) is -0.250. The summed E-state index contributed by atoms with van der Waals surface area (Å²) in [6.45, 7) is 5.90. The molecule has 1 saturated heterocycles. The van der Waals surface area contributed by atoms with Gasteiger partial charge >= 0.3 is 5.97 Å². The lowest BCUT2D eigenvalue weighted by Crippen LogP contribution is -2.42. The predicted molar refractivity (Wildman–Crippen MR) is 67.3 cm³/mol. The molecule has 2 aliphatic heterocycles. The topological polar surface area (TPSA) is 59.1 Å². The SMILES string of the molecule is CC1=C[C@@H](O)C23OC2(C)CCC2=C(C)C(=O)OC2C13. The van der Waals surface area contributed by atoms with E-state index in [1.807, 2.05) is 19.9 Å². The molecule has 0 radical (unpaired) electrons. The van der Waals surface area contributed by atoms with Crippen molar-refractivity contribution in [1.82, 2.24) is 0 Å². The van der Waals surface area contributed by atoms with Crippen LogP contribution in [0, 0.1) is 5.92 Å². The van der Waals surface area contributed by atoms with Gasteiger partial charge in [0.2, 0.25) is 0 Å². The maximum atomic E-state index is 11.8. The van der Waals surface area contributed by atoms with Crippen molar-refractivity contribution in [3.05, 3.63) is 22.8 Å². The molecule has 4 nitrogen and oxygen atoms in total. The molecule has 4 aliphatic rings. The minimum Gasteiger partial charge on any atom is -0.454 e. The second-order valence-corrected chi connectivity index (χ2v) is 6.44. The standard InChI is InChI=1S/C15H18O4/c1-7-6-10(16)15-11(7)12-9(8(2)13(17)18-12)4-5-14(15,3)19-15/h6,10-12,16H,4-5H2,1-3H3/t10-,11?,12?,14?,15?/m1/s1. The number of ether oxygens (including phenoxy) is 2. The molecule has 0 aromatic carbocycles. The molecule has 1 spiro atoms. The largest absolute Gasteiger partial charge is 0.454 e. The first kappa shape index (κ1) is 11.7. The van der Waals surface area contributed by atoms with E-state index in [2.05, 4.69) is 6.92 Å². The van der Waals surface area contributed by atoms with E-state index >= 15 is 0 Å². The van der Waals surface area contributed by atoms with Gasteiger partial charge in [-0.3, -0.25) is 0 Å². The van der Waals surface area contributed by atoms with Gasteiger partial charge in [0.1, 0.15) is 17.8 Å². The summed E-state index contributed by atoms with van der Waals surface area (Å²) in [4.78, 5) is 11.8. The number of carbonyl (C=O) groups is 1. The van der Waals surface area contributed by atoms with E-state index < -0.39 is 11.7 Å². The molecule has 2 fully saturated rings. The summed E-state index contributed by atoms with van der Waals surface area (Å²) in [6, 6.07) is 0. The van der Waals surface area contributed by atoms with Crippen molar-refractivity contribution in [2.45, 2.75) is 57.0 Å². The van der Waals surface area contributed by atoms with Crippen molar-refractivity contribution in [1.29, 1.82) is 0 Å². The highest BCUT2D eigenvalue weighted by atomic mass is 16.6. The lowest BCUT2D eigenvalue weighted by molar-refractivity contribution is -0.142. The Bertz CT molecular complexity index is 560. The van der Waals surface area contributed by atoms with E-state index in [9.17, 15) is 9.90 Å². The molecule has 19 heavy (non-hydrogen) atoms. The van der Waals surface area contributed by atoms with Gasteiger partial charge in [-0.1, -0.05) is 11.6 Å². The van der Waals surface area contributed by atoms with Crippen LogP contribution in [0.15, 0.2) is 22.8 Å². The highest BCUT2D eigenvalue weighted by Crippen LogP contribution is 2.66. The van der Waals surface area contributed by atoms with Gasteiger partial charge in [-0.15, -0.1) is 0 Å². The third-order valence-electron chi connectivity index (χ3n) is 5.53. The molecule has 4 unspecified atom stereocenters. The number of rotatable bonds is 0. The maximum Gasteiger partial charge on any atom is 0.334 e. The molecule has 1 saturated carbocycles. The Morgan fingerprint density at radius 1 is 1.42 bits per heavy atom. The molecule has 1 N–H and O–H groups in total. The van der Waals surface area contributed by atoms with Crippen LogP contribution in [0.25, 0.3) is 0 Å². The summed E-state index contributed by atoms with van der Waals surface area (Å²) in [5.41, 5.74) is 2.06. The number of fused-ring (bicyclic) bond motifs is 2.